The van der Waals surface area contributed by atoms with E-state index in [9.17, 15) is 9.59 Å². The van der Waals surface area contributed by atoms with Crippen molar-refractivity contribution in [1.82, 2.24) is 5.32 Å². The third-order valence-corrected chi connectivity index (χ3v) is 3.95. The molecule has 0 aliphatic rings. The van der Waals surface area contributed by atoms with Gasteiger partial charge in [0.15, 0.2) is 0 Å². The first-order valence-electron chi connectivity index (χ1n) is 8.83. The number of carbonyl (C=O) groups is 2. The Balaban J connectivity index is 0.00000364. The molecule has 27 heavy (non-hydrogen) atoms. The van der Waals surface area contributed by atoms with Gasteiger partial charge in [0.2, 0.25) is 5.91 Å². The number of hydrogen-bond donors (Lipinski definition) is 2. The van der Waals surface area contributed by atoms with Crippen molar-refractivity contribution in [3.8, 4) is 0 Å². The van der Waals surface area contributed by atoms with Gasteiger partial charge in [-0.25, -0.2) is 0 Å². The zero-order valence-electron chi connectivity index (χ0n) is 15.7. The van der Waals surface area contributed by atoms with Crippen LogP contribution in [0.4, 0.5) is 5.69 Å². The third-order valence-electron chi connectivity index (χ3n) is 3.95. The predicted octanol–water partition coefficient (Wildman–Crippen LogP) is 3.82. The van der Waals surface area contributed by atoms with Crippen molar-refractivity contribution in [3.63, 3.8) is 0 Å². The molecule has 0 saturated heterocycles. The average Bonchev–Trinajstić information content (AvgIpc) is 2.60. The highest BCUT2D eigenvalue weighted by Crippen LogP contribution is 2.19. The number of benzene rings is 2. The van der Waals surface area contributed by atoms with E-state index in [2.05, 4.69) is 5.32 Å². The number of aryl methyl sites for hydroxylation is 1. The largest absolute Gasteiger partial charge is 0.463 e. The van der Waals surface area contributed by atoms with E-state index < -0.39 is 6.04 Å². The van der Waals surface area contributed by atoms with Crippen LogP contribution in [-0.2, 0) is 20.7 Å². The molecule has 0 aromatic heterocycles. The van der Waals surface area contributed by atoms with Gasteiger partial charge < -0.3 is 15.8 Å². The molecule has 3 N–H and O–H groups in total. The molecule has 2 aromatic rings. The predicted molar refractivity (Wildman–Crippen MR) is 110 cm³/mol. The Morgan fingerprint density at radius 1 is 1.04 bits per heavy atom. The summed E-state index contributed by atoms with van der Waals surface area (Å²) in [6.45, 7) is 3.61. The van der Waals surface area contributed by atoms with Gasteiger partial charge in [0.05, 0.1) is 18.6 Å². The van der Waals surface area contributed by atoms with E-state index in [0.717, 1.165) is 11.1 Å². The molecule has 0 heterocycles. The second-order valence-electron chi connectivity index (χ2n) is 6.47. The van der Waals surface area contributed by atoms with E-state index in [4.69, 9.17) is 10.5 Å². The second kappa shape index (κ2) is 11.2. The minimum atomic E-state index is -0.414. The second-order valence-corrected chi connectivity index (χ2v) is 6.47. The number of halogens is 1. The molecule has 1 unspecified atom stereocenters. The van der Waals surface area contributed by atoms with Crippen LogP contribution >= 0.6 is 12.4 Å². The normalized spacial score (nSPS) is 11.4. The summed E-state index contributed by atoms with van der Waals surface area (Å²) in [5.74, 6) is -0.457. The molecule has 2 rings (SSSR count). The molecule has 0 fully saturated rings. The van der Waals surface area contributed by atoms with Gasteiger partial charge in [-0.3, -0.25) is 9.59 Å². The minimum Gasteiger partial charge on any atom is -0.463 e. The van der Waals surface area contributed by atoms with Crippen LogP contribution in [0.2, 0.25) is 0 Å². The summed E-state index contributed by atoms with van der Waals surface area (Å²) in [7, 11) is 0. The number of carbonyl (C=O) groups excluding carboxylic acids is 2. The monoisotopic (exact) mass is 390 g/mol. The summed E-state index contributed by atoms with van der Waals surface area (Å²) in [6, 6.07) is 16.5. The first kappa shape index (κ1) is 22.5. The number of para-hydroxylation sites is 1. The average molecular weight is 391 g/mol. The van der Waals surface area contributed by atoms with Crippen molar-refractivity contribution in [2.24, 2.45) is 0 Å². The van der Waals surface area contributed by atoms with Crippen molar-refractivity contribution in [2.75, 3.05) is 5.73 Å². The summed E-state index contributed by atoms with van der Waals surface area (Å²) in [5, 5.41) is 2.95. The number of amides is 1. The highest BCUT2D eigenvalue weighted by atomic mass is 35.5. The Morgan fingerprint density at radius 3 is 2.30 bits per heavy atom. The van der Waals surface area contributed by atoms with Crippen molar-refractivity contribution in [2.45, 2.75) is 45.3 Å². The Hall–Kier alpha value is -2.53. The van der Waals surface area contributed by atoms with Gasteiger partial charge in [-0.15, -0.1) is 12.4 Å². The zero-order chi connectivity index (χ0) is 18.9. The molecule has 146 valence electrons. The van der Waals surface area contributed by atoms with Crippen LogP contribution in [0.1, 0.15) is 43.9 Å². The topological polar surface area (TPSA) is 81.4 Å². The van der Waals surface area contributed by atoms with Gasteiger partial charge in [-0.05, 0) is 37.5 Å². The smallest absolute Gasteiger partial charge is 0.308 e. The fourth-order valence-corrected chi connectivity index (χ4v) is 2.69. The van der Waals surface area contributed by atoms with Gasteiger partial charge in [-0.1, -0.05) is 48.5 Å². The lowest BCUT2D eigenvalue weighted by molar-refractivity contribution is -0.148. The van der Waals surface area contributed by atoms with Gasteiger partial charge >= 0.3 is 5.97 Å². The number of nitrogens with two attached hydrogens (primary N) is 1. The zero-order valence-corrected chi connectivity index (χ0v) is 16.5. The highest BCUT2D eigenvalue weighted by Gasteiger charge is 2.20. The molecule has 1 amide bonds. The first-order valence-corrected chi connectivity index (χ1v) is 8.83. The number of nitrogens with one attached hydrogen (secondary N) is 1. The fraction of sp³-hybridized carbons (Fsp3) is 0.333. The maximum Gasteiger partial charge on any atom is 0.308 e. The van der Waals surface area contributed by atoms with Crippen molar-refractivity contribution >= 4 is 30.0 Å². The number of anilines is 1. The Bertz CT molecular complexity index is 735. The number of hydrogen-bond acceptors (Lipinski definition) is 4. The van der Waals surface area contributed by atoms with Crippen LogP contribution in [0.25, 0.3) is 0 Å². The summed E-state index contributed by atoms with van der Waals surface area (Å²) in [4.78, 5) is 24.5. The standard InChI is InChI=1S/C21H26N2O3.ClH/c1-15(2)26-21(25)14-19(17-9-4-3-5-10-17)23-20(24)13-12-16-8-6-7-11-18(16)22;/h3-11,15,19H,12-14,22H2,1-2H3,(H,23,24);1H. The van der Waals surface area contributed by atoms with E-state index in [-0.39, 0.29) is 36.8 Å². The van der Waals surface area contributed by atoms with Crippen LogP contribution in [0, 0.1) is 0 Å². The van der Waals surface area contributed by atoms with Gasteiger partial charge in [0, 0.05) is 12.1 Å². The number of ether oxygens (including phenoxy) is 1. The van der Waals surface area contributed by atoms with Crippen LogP contribution < -0.4 is 11.1 Å². The Kier molecular flexibility index (Phi) is 9.37. The van der Waals surface area contributed by atoms with E-state index in [0.29, 0.717) is 18.5 Å². The molecule has 0 aliphatic heterocycles. The maximum absolute atomic E-state index is 12.4. The summed E-state index contributed by atoms with van der Waals surface area (Å²) in [6.07, 6.45) is 0.768. The highest BCUT2D eigenvalue weighted by molar-refractivity contribution is 5.85. The van der Waals surface area contributed by atoms with Crippen LogP contribution in [-0.4, -0.2) is 18.0 Å². The van der Waals surface area contributed by atoms with Crippen LogP contribution in [0.3, 0.4) is 0 Å². The van der Waals surface area contributed by atoms with Crippen molar-refractivity contribution in [1.29, 1.82) is 0 Å². The maximum atomic E-state index is 12.4. The minimum absolute atomic E-state index is 0. The van der Waals surface area contributed by atoms with Gasteiger partial charge in [0.25, 0.3) is 0 Å². The SMILES string of the molecule is CC(C)OC(=O)CC(NC(=O)CCc1ccccc1N)c1ccccc1.Cl. The van der Waals surface area contributed by atoms with Crippen molar-refractivity contribution < 1.29 is 14.3 Å². The summed E-state index contributed by atoms with van der Waals surface area (Å²) < 4.78 is 5.22. The molecule has 5 nitrogen and oxygen atoms in total. The molecule has 0 aliphatic carbocycles. The molecule has 0 radical (unpaired) electrons. The lowest BCUT2D eigenvalue weighted by Gasteiger charge is -2.19. The fourth-order valence-electron chi connectivity index (χ4n) is 2.69. The number of nitrogen functional groups attached to an aromatic ring is 1. The summed E-state index contributed by atoms with van der Waals surface area (Å²) in [5.41, 5.74) is 8.42. The van der Waals surface area contributed by atoms with E-state index in [1.54, 1.807) is 13.8 Å². The lowest BCUT2D eigenvalue weighted by atomic mass is 10.0. The molecular formula is C21H27ClN2O3. The number of esters is 1. The van der Waals surface area contributed by atoms with Crippen LogP contribution in [0.5, 0.6) is 0 Å². The van der Waals surface area contributed by atoms with Gasteiger partial charge in [0.1, 0.15) is 0 Å². The van der Waals surface area contributed by atoms with E-state index >= 15 is 0 Å². The van der Waals surface area contributed by atoms with E-state index in [1.165, 1.54) is 0 Å². The lowest BCUT2D eigenvalue weighted by Crippen LogP contribution is -2.31. The Morgan fingerprint density at radius 2 is 1.67 bits per heavy atom. The first-order chi connectivity index (χ1) is 12.5. The third kappa shape index (κ3) is 7.71. The van der Waals surface area contributed by atoms with E-state index in [1.807, 2.05) is 54.6 Å². The quantitative estimate of drug-likeness (QED) is 0.530. The molecule has 0 spiro atoms. The Labute approximate surface area is 166 Å². The molecule has 0 bridgehead atoms. The van der Waals surface area contributed by atoms with Crippen LogP contribution in [0.15, 0.2) is 54.6 Å². The summed E-state index contributed by atoms with van der Waals surface area (Å²) >= 11 is 0. The number of rotatable bonds is 8. The molecule has 2 aromatic carbocycles. The molecule has 1 atom stereocenters. The molecule has 0 saturated carbocycles. The van der Waals surface area contributed by atoms with Gasteiger partial charge in [-0.2, -0.15) is 0 Å². The molecular weight excluding hydrogens is 364 g/mol. The van der Waals surface area contributed by atoms with Crippen molar-refractivity contribution in [3.05, 3.63) is 65.7 Å². The molecule has 6 heteroatoms.